The van der Waals surface area contributed by atoms with Gasteiger partial charge in [0.25, 0.3) is 0 Å². The zero-order chi connectivity index (χ0) is 16.4. The van der Waals surface area contributed by atoms with Gasteiger partial charge >= 0.3 is 0 Å². The van der Waals surface area contributed by atoms with Crippen molar-refractivity contribution in [2.75, 3.05) is 53.7 Å². The van der Waals surface area contributed by atoms with Crippen LogP contribution in [0, 0.1) is 5.41 Å². The zero-order valence-electron chi connectivity index (χ0n) is 14.7. The van der Waals surface area contributed by atoms with Crippen molar-refractivity contribution in [2.45, 2.75) is 44.6 Å². The Balaban J connectivity index is 1.55. The molecule has 2 rings (SSSR count). The first-order chi connectivity index (χ1) is 11.3. The van der Waals surface area contributed by atoms with Crippen LogP contribution in [0.5, 0.6) is 0 Å². The molecule has 0 aromatic carbocycles. The van der Waals surface area contributed by atoms with Crippen LogP contribution < -0.4 is 10.6 Å². The smallest absolute Gasteiger partial charge is 0.190 e. The summed E-state index contributed by atoms with van der Waals surface area (Å²) < 4.78 is 16.3. The number of aliphatic imine (C=N–C) groups is 1. The third kappa shape index (κ3) is 6.28. The second kappa shape index (κ2) is 10.1. The highest BCUT2D eigenvalue weighted by Gasteiger charge is 2.36. The van der Waals surface area contributed by atoms with E-state index in [0.29, 0.717) is 11.5 Å². The van der Waals surface area contributed by atoms with Crippen molar-refractivity contribution in [3.8, 4) is 0 Å². The van der Waals surface area contributed by atoms with Crippen LogP contribution in [0.15, 0.2) is 4.99 Å². The Labute approximate surface area is 140 Å². The Morgan fingerprint density at radius 1 is 1.30 bits per heavy atom. The Hall–Kier alpha value is -0.850. The van der Waals surface area contributed by atoms with E-state index in [1.807, 2.05) is 7.05 Å². The molecule has 1 saturated carbocycles. The van der Waals surface area contributed by atoms with E-state index in [1.54, 1.807) is 7.11 Å². The van der Waals surface area contributed by atoms with Gasteiger partial charge in [0.15, 0.2) is 5.96 Å². The summed E-state index contributed by atoms with van der Waals surface area (Å²) in [6.45, 7) is 5.06. The highest BCUT2D eigenvalue weighted by atomic mass is 16.5. The molecule has 6 nitrogen and oxygen atoms in total. The Kier molecular flexibility index (Phi) is 8.12. The highest BCUT2D eigenvalue weighted by Crippen LogP contribution is 2.43. The van der Waals surface area contributed by atoms with E-state index in [4.69, 9.17) is 14.2 Å². The van der Waals surface area contributed by atoms with E-state index in [1.165, 1.54) is 19.3 Å². The first-order valence-corrected chi connectivity index (χ1v) is 8.91. The fourth-order valence-corrected chi connectivity index (χ4v) is 3.18. The average Bonchev–Trinajstić information content (AvgIpc) is 3.04. The zero-order valence-corrected chi connectivity index (χ0v) is 14.7. The number of methoxy groups -OCH3 is 1. The van der Waals surface area contributed by atoms with Crippen LogP contribution in [-0.4, -0.2) is 65.7 Å². The number of nitrogens with zero attached hydrogens (tertiary/aromatic N) is 1. The van der Waals surface area contributed by atoms with Gasteiger partial charge in [0, 0.05) is 47.1 Å². The largest absolute Gasteiger partial charge is 0.385 e. The fourth-order valence-electron chi connectivity index (χ4n) is 3.18. The van der Waals surface area contributed by atoms with Gasteiger partial charge in [-0.05, 0) is 37.5 Å². The number of rotatable bonds is 10. The maximum absolute atomic E-state index is 5.76. The van der Waals surface area contributed by atoms with Gasteiger partial charge < -0.3 is 24.8 Å². The van der Waals surface area contributed by atoms with Gasteiger partial charge in [0.05, 0.1) is 12.7 Å². The van der Waals surface area contributed by atoms with E-state index in [-0.39, 0.29) is 0 Å². The van der Waals surface area contributed by atoms with Gasteiger partial charge in [-0.15, -0.1) is 0 Å². The fraction of sp³-hybridized carbons (Fsp3) is 0.941. The molecule has 0 radical (unpaired) electrons. The Morgan fingerprint density at radius 3 is 2.78 bits per heavy atom. The van der Waals surface area contributed by atoms with Crippen molar-refractivity contribution in [1.82, 2.24) is 10.6 Å². The molecule has 0 aromatic heterocycles. The summed E-state index contributed by atoms with van der Waals surface area (Å²) in [5.74, 6) is 0.887. The van der Waals surface area contributed by atoms with Gasteiger partial charge in [-0.25, -0.2) is 0 Å². The summed E-state index contributed by atoms with van der Waals surface area (Å²) in [7, 11) is 3.60. The molecule has 23 heavy (non-hydrogen) atoms. The summed E-state index contributed by atoms with van der Waals surface area (Å²) in [5, 5.41) is 6.84. The second-order valence-electron chi connectivity index (χ2n) is 6.66. The van der Waals surface area contributed by atoms with E-state index >= 15 is 0 Å². The molecule has 0 amide bonds. The number of nitrogens with one attached hydrogen (secondary N) is 2. The molecule has 1 unspecified atom stereocenters. The van der Waals surface area contributed by atoms with Crippen LogP contribution in [-0.2, 0) is 14.2 Å². The molecule has 1 aliphatic carbocycles. The van der Waals surface area contributed by atoms with E-state index in [0.717, 1.165) is 64.7 Å². The summed E-state index contributed by atoms with van der Waals surface area (Å²) >= 11 is 0. The van der Waals surface area contributed by atoms with Crippen molar-refractivity contribution in [3.63, 3.8) is 0 Å². The van der Waals surface area contributed by atoms with Crippen molar-refractivity contribution in [2.24, 2.45) is 10.4 Å². The van der Waals surface area contributed by atoms with Gasteiger partial charge in [-0.3, -0.25) is 4.99 Å². The van der Waals surface area contributed by atoms with Crippen molar-refractivity contribution < 1.29 is 14.2 Å². The minimum atomic E-state index is 0.298. The minimum Gasteiger partial charge on any atom is -0.385 e. The van der Waals surface area contributed by atoms with Crippen LogP contribution in [0.25, 0.3) is 0 Å². The molecule has 2 aliphatic rings. The molecule has 0 aromatic rings. The molecule has 0 spiro atoms. The predicted octanol–water partition coefficient (Wildman–Crippen LogP) is 1.55. The second-order valence-corrected chi connectivity index (χ2v) is 6.66. The first kappa shape index (κ1) is 18.5. The lowest BCUT2D eigenvalue weighted by molar-refractivity contribution is 0.0419. The first-order valence-electron chi connectivity index (χ1n) is 8.91. The Bertz CT molecular complexity index is 353. The molecule has 6 heteroatoms. The van der Waals surface area contributed by atoms with Gasteiger partial charge in [0.2, 0.25) is 0 Å². The average molecular weight is 327 g/mol. The summed E-state index contributed by atoms with van der Waals surface area (Å²) in [6, 6.07) is 0. The van der Waals surface area contributed by atoms with Gasteiger partial charge in [-0.2, -0.15) is 0 Å². The number of ether oxygens (including phenoxy) is 3. The molecule has 1 aliphatic heterocycles. The number of hydrogen-bond donors (Lipinski definition) is 2. The lowest BCUT2D eigenvalue weighted by atomic mass is 9.67. The van der Waals surface area contributed by atoms with Gasteiger partial charge in [-0.1, -0.05) is 6.42 Å². The van der Waals surface area contributed by atoms with Crippen molar-refractivity contribution >= 4 is 5.96 Å². The molecule has 2 N–H and O–H groups in total. The molecular weight excluding hydrogens is 294 g/mol. The van der Waals surface area contributed by atoms with E-state index < -0.39 is 0 Å². The molecule has 0 bridgehead atoms. The van der Waals surface area contributed by atoms with Crippen molar-refractivity contribution in [1.29, 1.82) is 0 Å². The highest BCUT2D eigenvalue weighted by molar-refractivity contribution is 5.79. The lowest BCUT2D eigenvalue weighted by Gasteiger charge is -2.42. The third-order valence-corrected chi connectivity index (χ3v) is 4.96. The third-order valence-electron chi connectivity index (χ3n) is 4.96. The van der Waals surface area contributed by atoms with Crippen molar-refractivity contribution in [3.05, 3.63) is 0 Å². The maximum Gasteiger partial charge on any atom is 0.190 e. The van der Waals surface area contributed by atoms with Crippen LogP contribution in [0.3, 0.4) is 0 Å². The lowest BCUT2D eigenvalue weighted by Crippen LogP contribution is -2.47. The van der Waals surface area contributed by atoms with E-state index in [9.17, 15) is 0 Å². The summed E-state index contributed by atoms with van der Waals surface area (Å²) in [6.07, 6.45) is 7.35. The summed E-state index contributed by atoms with van der Waals surface area (Å²) in [4.78, 5) is 4.31. The molecule has 2 fully saturated rings. The molecule has 1 saturated heterocycles. The van der Waals surface area contributed by atoms with Crippen LogP contribution in [0.1, 0.15) is 38.5 Å². The van der Waals surface area contributed by atoms with Gasteiger partial charge in [0.1, 0.15) is 0 Å². The molecular formula is C17H33N3O3. The van der Waals surface area contributed by atoms with E-state index in [2.05, 4.69) is 15.6 Å². The molecule has 1 atom stereocenters. The Morgan fingerprint density at radius 2 is 2.17 bits per heavy atom. The minimum absolute atomic E-state index is 0.298. The number of hydrogen-bond acceptors (Lipinski definition) is 4. The quantitative estimate of drug-likeness (QED) is 0.362. The molecule has 134 valence electrons. The maximum atomic E-state index is 5.76. The van der Waals surface area contributed by atoms with Crippen LogP contribution >= 0.6 is 0 Å². The van der Waals surface area contributed by atoms with Crippen LogP contribution in [0.2, 0.25) is 0 Å². The molecule has 1 heterocycles. The number of guanidine groups is 1. The topological polar surface area (TPSA) is 64.1 Å². The SMILES string of the molecule is CN=C(NCCCOC1CCOC1)NCC1(CCOC)CCC1. The monoisotopic (exact) mass is 327 g/mol. The predicted molar refractivity (Wildman–Crippen MR) is 91.9 cm³/mol. The van der Waals surface area contributed by atoms with Crippen LogP contribution in [0.4, 0.5) is 0 Å². The standard InChI is InChI=1S/C17H33N3O3/c1-18-16(19-9-4-10-23-15-5-11-22-13-15)20-14-17(6-3-7-17)8-12-21-2/h15H,3-14H2,1-2H3,(H2,18,19,20). The summed E-state index contributed by atoms with van der Waals surface area (Å²) in [5.41, 5.74) is 0.402. The normalized spacial score (nSPS) is 23.6.